The molecule has 9 nitrogen and oxygen atoms in total. The van der Waals surface area contributed by atoms with Crippen molar-refractivity contribution in [1.29, 1.82) is 0 Å². The molecule has 0 unspecified atom stereocenters. The van der Waals surface area contributed by atoms with Gasteiger partial charge in [-0.3, -0.25) is 4.79 Å². The summed E-state index contributed by atoms with van der Waals surface area (Å²) in [6, 6.07) is 6.42. The smallest absolute Gasteiger partial charge is 0.254 e. The lowest BCUT2D eigenvalue weighted by Gasteiger charge is -2.26. The van der Waals surface area contributed by atoms with E-state index in [1.165, 1.54) is 29.1 Å². The summed E-state index contributed by atoms with van der Waals surface area (Å²) in [4.78, 5) is 18.4. The molecular weight excluding hydrogens is 429 g/mol. The van der Waals surface area contributed by atoms with Gasteiger partial charge < -0.3 is 24.8 Å². The molecule has 0 radical (unpaired) electrons. The molecule has 1 aromatic carbocycles. The number of carbonyl (C=O) groups is 1. The molecule has 1 fully saturated rings. The van der Waals surface area contributed by atoms with Crippen molar-refractivity contribution in [2.75, 3.05) is 18.1 Å². The molecule has 1 amide bonds. The van der Waals surface area contributed by atoms with E-state index < -0.39 is 11.7 Å². The maximum atomic E-state index is 14.5. The van der Waals surface area contributed by atoms with Crippen LogP contribution in [0.15, 0.2) is 48.7 Å². The minimum atomic E-state index is -0.728. The highest BCUT2D eigenvalue weighted by molar-refractivity contribution is 5.98. The minimum Gasteiger partial charge on any atom is -0.485 e. The minimum absolute atomic E-state index is 0.0952. The van der Waals surface area contributed by atoms with Crippen LogP contribution in [0.5, 0.6) is 5.75 Å². The summed E-state index contributed by atoms with van der Waals surface area (Å²) < 4.78 is 32.8. The molecule has 1 atom stereocenters. The van der Waals surface area contributed by atoms with Crippen LogP contribution < -0.4 is 15.4 Å². The number of nitrogens with zero attached hydrogens (tertiary/aromatic N) is 4. The zero-order valence-electron chi connectivity index (χ0n) is 18.3. The van der Waals surface area contributed by atoms with E-state index in [-0.39, 0.29) is 24.0 Å². The highest BCUT2D eigenvalue weighted by Gasteiger charge is 2.30. The van der Waals surface area contributed by atoms with Crippen molar-refractivity contribution >= 4 is 17.4 Å². The Balaban J connectivity index is 1.39. The molecule has 2 N–H and O–H groups in total. The van der Waals surface area contributed by atoms with Gasteiger partial charge in [-0.1, -0.05) is 0 Å². The Morgan fingerprint density at radius 1 is 1.36 bits per heavy atom. The van der Waals surface area contributed by atoms with E-state index in [4.69, 9.17) is 19.9 Å². The highest BCUT2D eigenvalue weighted by atomic mass is 19.1. The number of benzene rings is 1. The number of anilines is 1. The number of rotatable bonds is 6. The Morgan fingerprint density at radius 3 is 2.97 bits per heavy atom. The van der Waals surface area contributed by atoms with Gasteiger partial charge in [-0.2, -0.15) is 5.10 Å². The van der Waals surface area contributed by atoms with Crippen LogP contribution in [0.2, 0.25) is 0 Å². The maximum absolute atomic E-state index is 14.5. The summed E-state index contributed by atoms with van der Waals surface area (Å²) in [5, 5.41) is 4.12. The molecule has 1 saturated heterocycles. The van der Waals surface area contributed by atoms with E-state index >= 15 is 0 Å². The van der Waals surface area contributed by atoms with Crippen LogP contribution >= 0.6 is 0 Å². The van der Waals surface area contributed by atoms with Gasteiger partial charge in [0.25, 0.3) is 5.91 Å². The van der Waals surface area contributed by atoms with Crippen LogP contribution in [0.3, 0.4) is 0 Å². The fraction of sp³-hybridized carbons (Fsp3) is 0.348. The number of amides is 1. The van der Waals surface area contributed by atoms with Crippen molar-refractivity contribution in [2.24, 2.45) is 5.73 Å². The summed E-state index contributed by atoms with van der Waals surface area (Å²) >= 11 is 0. The largest absolute Gasteiger partial charge is 0.485 e. The first-order valence-corrected chi connectivity index (χ1v) is 10.7. The molecule has 0 bridgehead atoms. The first-order chi connectivity index (χ1) is 15.8. The summed E-state index contributed by atoms with van der Waals surface area (Å²) in [6.07, 6.45) is 6.39. The van der Waals surface area contributed by atoms with Crippen LogP contribution in [0.4, 0.5) is 10.2 Å². The predicted octanol–water partition coefficient (Wildman–Crippen LogP) is 3.31. The molecule has 2 aromatic heterocycles. The Bertz CT molecular complexity index is 1250. The Labute approximate surface area is 189 Å². The van der Waals surface area contributed by atoms with Gasteiger partial charge in [-0.25, -0.2) is 13.9 Å². The highest BCUT2D eigenvalue weighted by Crippen LogP contribution is 2.37. The lowest BCUT2D eigenvalue weighted by atomic mass is 10.0. The van der Waals surface area contributed by atoms with Gasteiger partial charge in [0.15, 0.2) is 11.4 Å². The average Bonchev–Trinajstić information content (AvgIpc) is 3.49. The normalized spacial score (nSPS) is 19.3. The lowest BCUT2D eigenvalue weighted by Crippen LogP contribution is -2.24. The van der Waals surface area contributed by atoms with Gasteiger partial charge in [-0.15, -0.1) is 0 Å². The van der Waals surface area contributed by atoms with Crippen LogP contribution in [0, 0.1) is 5.82 Å². The summed E-state index contributed by atoms with van der Waals surface area (Å²) in [5.74, 6) is -0.0902. The zero-order valence-corrected chi connectivity index (χ0v) is 18.3. The molecule has 0 spiro atoms. The number of fused-ring (bicyclic) bond motifs is 1. The average molecular weight is 453 g/mol. The lowest BCUT2D eigenvalue weighted by molar-refractivity contribution is -0.119. The van der Waals surface area contributed by atoms with Gasteiger partial charge in [0.2, 0.25) is 5.79 Å². The van der Waals surface area contributed by atoms with Gasteiger partial charge in [0, 0.05) is 32.7 Å². The molecule has 0 saturated carbocycles. The predicted molar refractivity (Wildman–Crippen MR) is 117 cm³/mol. The maximum Gasteiger partial charge on any atom is 0.254 e. The van der Waals surface area contributed by atoms with E-state index in [1.807, 2.05) is 12.1 Å². The van der Waals surface area contributed by atoms with E-state index in [0.29, 0.717) is 23.0 Å². The van der Waals surface area contributed by atoms with Crippen molar-refractivity contribution in [3.8, 4) is 5.75 Å². The molecule has 172 valence electrons. The molecule has 10 heteroatoms. The molecule has 2 aliphatic rings. The van der Waals surface area contributed by atoms with Gasteiger partial charge >= 0.3 is 0 Å². The van der Waals surface area contributed by atoms with Gasteiger partial charge in [-0.05, 0) is 36.6 Å². The van der Waals surface area contributed by atoms with Crippen LogP contribution in [-0.2, 0) is 9.47 Å². The Morgan fingerprint density at radius 2 is 2.21 bits per heavy atom. The van der Waals surface area contributed by atoms with Crippen molar-refractivity contribution in [3.05, 3.63) is 65.6 Å². The van der Waals surface area contributed by atoms with Crippen molar-refractivity contribution in [2.45, 2.75) is 38.5 Å². The second kappa shape index (κ2) is 7.95. The first kappa shape index (κ1) is 21.0. The number of primary amides is 1. The molecule has 3 aromatic rings. The quantitative estimate of drug-likeness (QED) is 0.611. The number of carbonyl (C=O) groups excluding carboxylic acids is 1. The van der Waals surface area contributed by atoms with Crippen LogP contribution in [0.1, 0.15) is 48.7 Å². The number of aromatic nitrogens is 3. The second-order valence-corrected chi connectivity index (χ2v) is 8.54. The molecule has 0 aliphatic carbocycles. The number of nitrogens with two attached hydrogens (primary N) is 1. The van der Waals surface area contributed by atoms with Crippen LogP contribution in [-0.4, -0.2) is 39.4 Å². The fourth-order valence-electron chi connectivity index (χ4n) is 4.23. The van der Waals surface area contributed by atoms with Crippen molar-refractivity contribution < 1.29 is 23.4 Å². The van der Waals surface area contributed by atoms with E-state index in [0.717, 1.165) is 24.9 Å². The third-order valence-electron chi connectivity index (χ3n) is 5.68. The summed E-state index contributed by atoms with van der Waals surface area (Å²) in [6.45, 7) is 4.48. The molecule has 5 rings (SSSR count). The first-order valence-electron chi connectivity index (χ1n) is 10.7. The van der Waals surface area contributed by atoms with Crippen LogP contribution in [0.25, 0.3) is 5.65 Å². The van der Waals surface area contributed by atoms with Gasteiger partial charge in [0.1, 0.15) is 35.8 Å². The topological polar surface area (TPSA) is 104 Å². The molecule has 2 aliphatic heterocycles. The van der Waals surface area contributed by atoms with E-state index in [2.05, 4.69) is 15.0 Å². The van der Waals surface area contributed by atoms with Gasteiger partial charge in [0.05, 0.1) is 12.2 Å². The van der Waals surface area contributed by atoms with E-state index in [9.17, 15) is 9.18 Å². The fourth-order valence-corrected chi connectivity index (χ4v) is 4.23. The Hall–Kier alpha value is -3.82. The van der Waals surface area contributed by atoms with Crippen molar-refractivity contribution in [3.63, 3.8) is 0 Å². The number of ether oxygens (including phenoxy) is 3. The Kier molecular flexibility index (Phi) is 5.07. The summed E-state index contributed by atoms with van der Waals surface area (Å²) in [5.41, 5.74) is 6.88. The number of halogens is 1. The monoisotopic (exact) mass is 453 g/mol. The number of hydrogen-bond donors (Lipinski definition) is 1. The SMILES string of the molecule is CC1(C)OC=C(COc2cc(F)cc([C@H]3CCCN3c3ccn4ncc(C(N)=O)c4n3)c2)O1. The molecule has 4 heterocycles. The molecule has 33 heavy (non-hydrogen) atoms. The standard InChI is InChI=1S/C23H24FN5O4/c1-23(2)32-13-17(33-23)12-31-16-9-14(8-15(24)10-16)19-4-3-6-28(19)20-5-7-29-22(27-20)18(11-26-29)21(25)30/h5,7-11,13,19H,3-4,6,12H2,1-2H3,(H2,25,30)/t19-/m1/s1. The van der Waals surface area contributed by atoms with E-state index in [1.54, 1.807) is 20.0 Å². The second-order valence-electron chi connectivity index (χ2n) is 8.54. The molecular formula is C23H24FN5O4. The third kappa shape index (κ3) is 4.15. The van der Waals surface area contributed by atoms with Crippen molar-refractivity contribution in [1.82, 2.24) is 14.6 Å². The third-order valence-corrected chi connectivity index (χ3v) is 5.68. The number of hydrogen-bond acceptors (Lipinski definition) is 7. The summed E-state index contributed by atoms with van der Waals surface area (Å²) in [7, 11) is 0. The zero-order chi connectivity index (χ0) is 23.2.